The van der Waals surface area contributed by atoms with Crippen LogP contribution in [0.4, 0.5) is 0 Å². The lowest BCUT2D eigenvalue weighted by molar-refractivity contribution is -0.125. The molecule has 4 rings (SSSR count). The molecule has 1 amide bonds. The molecule has 0 unspecified atom stereocenters. The van der Waals surface area contributed by atoms with Crippen molar-refractivity contribution >= 4 is 23.0 Å². The Balaban J connectivity index is 1.59. The van der Waals surface area contributed by atoms with Crippen LogP contribution in [0.1, 0.15) is 37.0 Å². The lowest BCUT2D eigenvalue weighted by Gasteiger charge is -2.38. The van der Waals surface area contributed by atoms with Gasteiger partial charge in [0, 0.05) is 34.4 Å². The molecular formula is C23H22N2O2S. The van der Waals surface area contributed by atoms with E-state index in [1.807, 2.05) is 60.5 Å². The van der Waals surface area contributed by atoms with Gasteiger partial charge in [-0.1, -0.05) is 38.1 Å². The van der Waals surface area contributed by atoms with Crippen molar-refractivity contribution in [1.82, 2.24) is 4.90 Å². The lowest BCUT2D eigenvalue weighted by atomic mass is 9.64. The van der Waals surface area contributed by atoms with Crippen LogP contribution in [0.15, 0.2) is 53.4 Å². The van der Waals surface area contributed by atoms with Crippen LogP contribution in [0.5, 0.6) is 0 Å². The van der Waals surface area contributed by atoms with Crippen molar-refractivity contribution in [3.8, 4) is 16.5 Å². The minimum Gasteiger partial charge on any atom is -0.338 e. The quantitative estimate of drug-likeness (QED) is 0.747. The van der Waals surface area contributed by atoms with Crippen molar-refractivity contribution in [2.75, 3.05) is 13.1 Å². The number of carbonyl (C=O) groups excluding carboxylic acids is 2. The summed E-state index contributed by atoms with van der Waals surface area (Å²) in [4.78, 5) is 28.6. The number of thiophene rings is 1. The van der Waals surface area contributed by atoms with Crippen LogP contribution in [0.25, 0.3) is 10.4 Å². The number of allylic oxidation sites excluding steroid dienone is 1. The summed E-state index contributed by atoms with van der Waals surface area (Å²) in [6.45, 7) is 4.99. The molecule has 2 aromatic rings. The number of carbonyl (C=O) groups is 2. The molecule has 0 N–H and O–H groups in total. The first-order chi connectivity index (χ1) is 13.3. The van der Waals surface area contributed by atoms with E-state index in [2.05, 4.69) is 12.1 Å². The number of benzene rings is 1. The van der Waals surface area contributed by atoms with E-state index in [9.17, 15) is 14.9 Å². The van der Waals surface area contributed by atoms with E-state index < -0.39 is 5.41 Å². The Labute approximate surface area is 169 Å². The molecule has 28 heavy (non-hydrogen) atoms. The van der Waals surface area contributed by atoms with Crippen LogP contribution in [0.2, 0.25) is 0 Å². The lowest BCUT2D eigenvalue weighted by Crippen LogP contribution is -2.40. The van der Waals surface area contributed by atoms with Gasteiger partial charge < -0.3 is 4.90 Å². The van der Waals surface area contributed by atoms with E-state index in [4.69, 9.17) is 0 Å². The van der Waals surface area contributed by atoms with Gasteiger partial charge in [0.1, 0.15) is 6.07 Å². The van der Waals surface area contributed by atoms with Gasteiger partial charge in [-0.3, -0.25) is 9.59 Å². The highest BCUT2D eigenvalue weighted by molar-refractivity contribution is 7.13. The summed E-state index contributed by atoms with van der Waals surface area (Å²) in [6.07, 6.45) is 3.28. The topological polar surface area (TPSA) is 61.2 Å². The van der Waals surface area contributed by atoms with Crippen molar-refractivity contribution in [2.45, 2.75) is 26.7 Å². The molecule has 1 aromatic carbocycles. The smallest absolute Gasteiger partial charge is 0.253 e. The average molecular weight is 391 g/mol. The fourth-order valence-corrected chi connectivity index (χ4v) is 5.32. The fraction of sp³-hybridized carbons (Fsp3) is 0.348. The van der Waals surface area contributed by atoms with Crippen LogP contribution >= 0.6 is 11.3 Å². The first-order valence-electron chi connectivity index (χ1n) is 9.45. The highest BCUT2D eigenvalue weighted by Crippen LogP contribution is 2.48. The average Bonchev–Trinajstić information content (AvgIpc) is 3.35. The number of hydrogen-bond acceptors (Lipinski definition) is 4. The van der Waals surface area contributed by atoms with E-state index in [1.54, 1.807) is 11.3 Å². The molecule has 142 valence electrons. The van der Waals surface area contributed by atoms with Gasteiger partial charge in [-0.25, -0.2) is 0 Å². The molecule has 5 heteroatoms. The number of amides is 1. The third-order valence-electron chi connectivity index (χ3n) is 5.81. The molecule has 0 saturated carbocycles. The third kappa shape index (κ3) is 3.18. The summed E-state index contributed by atoms with van der Waals surface area (Å²) in [5.74, 6) is -0.0778. The summed E-state index contributed by atoms with van der Waals surface area (Å²) >= 11 is 1.65. The van der Waals surface area contributed by atoms with Crippen LogP contribution in [-0.4, -0.2) is 29.7 Å². The number of hydrogen-bond donors (Lipinski definition) is 0. The highest BCUT2D eigenvalue weighted by atomic mass is 32.1. The summed E-state index contributed by atoms with van der Waals surface area (Å²) in [5.41, 5.74) is 1.11. The van der Waals surface area contributed by atoms with Crippen LogP contribution in [0, 0.1) is 22.2 Å². The minimum atomic E-state index is -0.571. The molecule has 1 aromatic heterocycles. The normalized spacial score (nSPS) is 23.5. The van der Waals surface area contributed by atoms with Gasteiger partial charge >= 0.3 is 0 Å². The Bertz CT molecular complexity index is 1010. The number of nitrogens with zero attached hydrogens (tertiary/aromatic N) is 2. The minimum absolute atomic E-state index is 0.0110. The fourth-order valence-electron chi connectivity index (χ4n) is 4.59. The first kappa shape index (κ1) is 18.6. The van der Waals surface area contributed by atoms with Gasteiger partial charge in [0.15, 0.2) is 5.78 Å². The molecule has 1 aliphatic carbocycles. The highest BCUT2D eigenvalue weighted by Gasteiger charge is 2.48. The second kappa shape index (κ2) is 6.72. The Hall–Kier alpha value is -2.71. The first-order valence-corrected chi connectivity index (χ1v) is 10.3. The maximum absolute atomic E-state index is 13.1. The molecular weight excluding hydrogens is 368 g/mol. The second-order valence-corrected chi connectivity index (χ2v) is 9.40. The molecule has 1 atom stereocenters. The Morgan fingerprint density at radius 1 is 1.25 bits per heavy atom. The van der Waals surface area contributed by atoms with E-state index in [0.717, 1.165) is 16.9 Å². The predicted octanol–water partition coefficient (Wildman–Crippen LogP) is 4.70. The summed E-state index contributed by atoms with van der Waals surface area (Å²) in [6, 6.07) is 13.9. The number of likely N-dealkylation sites (tertiary alicyclic amines) is 1. The van der Waals surface area contributed by atoms with Gasteiger partial charge in [0.25, 0.3) is 5.91 Å². The van der Waals surface area contributed by atoms with E-state index in [-0.39, 0.29) is 22.7 Å². The molecule has 1 spiro atoms. The molecule has 4 nitrogen and oxygen atoms in total. The van der Waals surface area contributed by atoms with Gasteiger partial charge in [-0.2, -0.15) is 5.26 Å². The van der Waals surface area contributed by atoms with Crippen LogP contribution in [-0.2, 0) is 4.79 Å². The Morgan fingerprint density at radius 3 is 2.79 bits per heavy atom. The summed E-state index contributed by atoms with van der Waals surface area (Å²) in [7, 11) is 0. The monoisotopic (exact) mass is 390 g/mol. The second-order valence-electron chi connectivity index (χ2n) is 8.46. The zero-order valence-corrected chi connectivity index (χ0v) is 16.9. The van der Waals surface area contributed by atoms with E-state index >= 15 is 0 Å². The predicted molar refractivity (Wildman–Crippen MR) is 110 cm³/mol. The molecule has 2 aliphatic rings. The number of ketones is 1. The zero-order valence-electron chi connectivity index (χ0n) is 16.1. The van der Waals surface area contributed by atoms with Gasteiger partial charge in [-0.05, 0) is 42.0 Å². The van der Waals surface area contributed by atoms with Crippen molar-refractivity contribution in [3.63, 3.8) is 0 Å². The summed E-state index contributed by atoms with van der Waals surface area (Å²) in [5, 5.41) is 11.4. The zero-order chi connectivity index (χ0) is 19.9. The molecule has 1 aliphatic heterocycles. The Kier molecular flexibility index (Phi) is 4.47. The van der Waals surface area contributed by atoms with Crippen molar-refractivity contribution in [3.05, 3.63) is 59.0 Å². The SMILES string of the molecule is CC1(C)C[C@@]2(C=C(C#N)C1=O)CCN(C(=O)c1cccc(-c3cccs3)c1)C2. The van der Waals surface area contributed by atoms with E-state index in [0.29, 0.717) is 25.1 Å². The number of nitriles is 1. The van der Waals surface area contributed by atoms with Crippen molar-refractivity contribution in [2.24, 2.45) is 10.8 Å². The van der Waals surface area contributed by atoms with Crippen LogP contribution < -0.4 is 0 Å². The van der Waals surface area contributed by atoms with Crippen LogP contribution in [0.3, 0.4) is 0 Å². The molecule has 0 bridgehead atoms. The van der Waals surface area contributed by atoms with Gasteiger partial charge in [-0.15, -0.1) is 11.3 Å². The number of rotatable bonds is 2. The largest absolute Gasteiger partial charge is 0.338 e. The van der Waals surface area contributed by atoms with Crippen molar-refractivity contribution < 1.29 is 9.59 Å². The van der Waals surface area contributed by atoms with Crippen molar-refractivity contribution in [1.29, 1.82) is 5.26 Å². The molecule has 1 saturated heterocycles. The molecule has 0 radical (unpaired) electrons. The third-order valence-corrected chi connectivity index (χ3v) is 6.73. The standard InChI is InChI=1S/C23H22N2O2S/c1-22(2)14-23(12-18(13-24)20(22)26)8-9-25(15-23)21(27)17-6-3-5-16(11-17)19-7-4-10-28-19/h3-7,10-12H,8-9,14-15H2,1-2H3/t23-/m0/s1. The summed E-state index contributed by atoms with van der Waals surface area (Å²) < 4.78 is 0. The molecule has 2 heterocycles. The van der Waals surface area contributed by atoms with E-state index in [1.165, 1.54) is 0 Å². The van der Waals surface area contributed by atoms with Gasteiger partial charge in [0.05, 0.1) is 5.57 Å². The van der Waals surface area contributed by atoms with Gasteiger partial charge in [0.2, 0.25) is 0 Å². The number of Topliss-reactive ketones (excluding diaryl/α,β-unsaturated/α-hetero) is 1. The molecule has 1 fully saturated rings. The Morgan fingerprint density at radius 2 is 2.07 bits per heavy atom. The maximum Gasteiger partial charge on any atom is 0.253 e. The maximum atomic E-state index is 13.1.